The average Bonchev–Trinajstić information content (AvgIpc) is 2.95. The molecule has 1 aliphatic heterocycles. The molecule has 1 aromatic carbocycles. The Hall–Kier alpha value is -2.00. The maximum Gasteiger partial charge on any atom is 0.248 e. The monoisotopic (exact) mass is 315 g/mol. The number of nitrogens with one attached hydrogen (secondary N) is 1. The van der Waals surface area contributed by atoms with Crippen molar-refractivity contribution in [2.75, 3.05) is 16.9 Å². The third-order valence-electron chi connectivity index (χ3n) is 4.20. The summed E-state index contributed by atoms with van der Waals surface area (Å²) in [6.07, 6.45) is 3.01. The van der Waals surface area contributed by atoms with Crippen molar-refractivity contribution in [1.82, 2.24) is 4.90 Å². The molecular weight excluding hydrogens is 298 g/mol. The molecule has 5 nitrogen and oxygen atoms in total. The molecule has 114 valence electrons. The summed E-state index contributed by atoms with van der Waals surface area (Å²) in [6, 6.07) is 8.38. The first-order valence-electron chi connectivity index (χ1n) is 7.38. The number of rotatable bonds is 3. The SMILES string of the molecule is N#Cc1ccc(NC(=O)C2CSCN2C(=O)C2CCC2)cc1. The number of carbonyl (C=O) groups is 2. The van der Waals surface area contributed by atoms with Gasteiger partial charge in [-0.05, 0) is 37.1 Å². The van der Waals surface area contributed by atoms with Crippen LogP contribution in [0.5, 0.6) is 0 Å². The van der Waals surface area contributed by atoms with Crippen LogP contribution < -0.4 is 5.32 Å². The van der Waals surface area contributed by atoms with Crippen molar-refractivity contribution in [1.29, 1.82) is 5.26 Å². The van der Waals surface area contributed by atoms with E-state index in [9.17, 15) is 9.59 Å². The molecule has 1 atom stereocenters. The molecular formula is C16H17N3O2S. The third kappa shape index (κ3) is 2.95. The van der Waals surface area contributed by atoms with Crippen molar-refractivity contribution in [3.8, 4) is 6.07 Å². The van der Waals surface area contributed by atoms with Gasteiger partial charge in [-0.1, -0.05) is 6.42 Å². The van der Waals surface area contributed by atoms with Crippen LogP contribution in [0.2, 0.25) is 0 Å². The molecule has 0 spiro atoms. The lowest BCUT2D eigenvalue weighted by Gasteiger charge is -2.31. The minimum absolute atomic E-state index is 0.115. The van der Waals surface area contributed by atoms with Gasteiger partial charge in [0.25, 0.3) is 0 Å². The maximum absolute atomic E-state index is 12.4. The van der Waals surface area contributed by atoms with Crippen molar-refractivity contribution in [2.24, 2.45) is 5.92 Å². The molecule has 2 fully saturated rings. The van der Waals surface area contributed by atoms with E-state index in [1.54, 1.807) is 40.9 Å². The van der Waals surface area contributed by atoms with E-state index in [-0.39, 0.29) is 17.7 Å². The van der Waals surface area contributed by atoms with Gasteiger partial charge < -0.3 is 10.2 Å². The minimum Gasteiger partial charge on any atom is -0.324 e. The first-order chi connectivity index (χ1) is 10.7. The van der Waals surface area contributed by atoms with E-state index >= 15 is 0 Å². The highest BCUT2D eigenvalue weighted by Crippen LogP contribution is 2.32. The largest absolute Gasteiger partial charge is 0.324 e. The summed E-state index contributed by atoms with van der Waals surface area (Å²) in [4.78, 5) is 26.5. The second-order valence-corrected chi connectivity index (χ2v) is 6.63. The molecule has 22 heavy (non-hydrogen) atoms. The van der Waals surface area contributed by atoms with E-state index in [4.69, 9.17) is 5.26 Å². The lowest BCUT2D eigenvalue weighted by Crippen LogP contribution is -2.47. The summed E-state index contributed by atoms with van der Waals surface area (Å²) in [5.74, 6) is 1.32. The van der Waals surface area contributed by atoms with Crippen molar-refractivity contribution in [3.05, 3.63) is 29.8 Å². The number of amides is 2. The second-order valence-electron chi connectivity index (χ2n) is 5.63. The summed E-state index contributed by atoms with van der Waals surface area (Å²) in [5, 5.41) is 11.6. The van der Waals surface area contributed by atoms with E-state index in [1.807, 2.05) is 6.07 Å². The molecule has 1 aromatic rings. The molecule has 1 aliphatic carbocycles. The Balaban J connectivity index is 1.65. The Morgan fingerprint density at radius 2 is 2.00 bits per heavy atom. The highest BCUT2D eigenvalue weighted by atomic mass is 32.2. The van der Waals surface area contributed by atoms with Crippen LogP contribution >= 0.6 is 11.8 Å². The van der Waals surface area contributed by atoms with Crippen LogP contribution in [0.4, 0.5) is 5.69 Å². The van der Waals surface area contributed by atoms with E-state index in [0.717, 1.165) is 19.3 Å². The van der Waals surface area contributed by atoms with Gasteiger partial charge in [0.2, 0.25) is 11.8 Å². The van der Waals surface area contributed by atoms with Gasteiger partial charge in [-0.25, -0.2) is 0 Å². The summed E-state index contributed by atoms with van der Waals surface area (Å²) >= 11 is 1.62. The molecule has 1 saturated heterocycles. The number of hydrogen-bond donors (Lipinski definition) is 1. The number of thioether (sulfide) groups is 1. The molecule has 1 saturated carbocycles. The van der Waals surface area contributed by atoms with Gasteiger partial charge in [-0.15, -0.1) is 11.8 Å². The number of anilines is 1. The van der Waals surface area contributed by atoms with Crippen molar-refractivity contribution < 1.29 is 9.59 Å². The van der Waals surface area contributed by atoms with Gasteiger partial charge in [-0.3, -0.25) is 9.59 Å². The number of hydrogen-bond acceptors (Lipinski definition) is 4. The lowest BCUT2D eigenvalue weighted by molar-refractivity contribution is -0.141. The normalized spacial score (nSPS) is 21.0. The van der Waals surface area contributed by atoms with Gasteiger partial charge in [-0.2, -0.15) is 5.26 Å². The van der Waals surface area contributed by atoms with Crippen LogP contribution in [0.3, 0.4) is 0 Å². The van der Waals surface area contributed by atoms with Crippen LogP contribution in [0.15, 0.2) is 24.3 Å². The first kappa shape index (κ1) is 14.9. The molecule has 0 aromatic heterocycles. The average molecular weight is 315 g/mol. The van der Waals surface area contributed by atoms with Crippen LogP contribution in [0, 0.1) is 17.2 Å². The second kappa shape index (κ2) is 6.41. The molecule has 0 bridgehead atoms. The standard InChI is InChI=1S/C16H17N3O2S/c17-8-11-4-6-13(7-5-11)18-15(20)14-9-22-10-19(14)16(21)12-2-1-3-12/h4-7,12,14H,1-3,9-10H2,(H,18,20). The van der Waals surface area contributed by atoms with Crippen LogP contribution in [-0.4, -0.2) is 34.4 Å². The molecule has 2 aliphatic rings. The Kier molecular flexibility index (Phi) is 4.34. The number of benzene rings is 1. The van der Waals surface area contributed by atoms with Gasteiger partial charge >= 0.3 is 0 Å². The molecule has 2 amide bonds. The number of nitriles is 1. The van der Waals surface area contributed by atoms with Gasteiger partial charge in [0.15, 0.2) is 0 Å². The number of nitrogens with zero attached hydrogens (tertiary/aromatic N) is 2. The highest BCUT2D eigenvalue weighted by Gasteiger charge is 2.39. The zero-order valence-corrected chi connectivity index (χ0v) is 12.9. The fourth-order valence-corrected chi connectivity index (χ4v) is 3.78. The van der Waals surface area contributed by atoms with E-state index < -0.39 is 6.04 Å². The van der Waals surface area contributed by atoms with Gasteiger partial charge in [0.05, 0.1) is 17.5 Å². The predicted octanol–water partition coefficient (Wildman–Crippen LogP) is 2.20. The molecule has 3 rings (SSSR count). The van der Waals surface area contributed by atoms with E-state index in [0.29, 0.717) is 22.9 Å². The Bertz CT molecular complexity index is 619. The number of carbonyl (C=O) groups excluding carboxylic acids is 2. The third-order valence-corrected chi connectivity index (χ3v) is 5.22. The fraction of sp³-hybridized carbons (Fsp3) is 0.438. The van der Waals surface area contributed by atoms with Crippen LogP contribution in [0.1, 0.15) is 24.8 Å². The zero-order valence-electron chi connectivity index (χ0n) is 12.1. The van der Waals surface area contributed by atoms with Crippen molar-refractivity contribution in [3.63, 3.8) is 0 Å². The minimum atomic E-state index is -0.395. The first-order valence-corrected chi connectivity index (χ1v) is 8.54. The smallest absolute Gasteiger partial charge is 0.248 e. The summed E-state index contributed by atoms with van der Waals surface area (Å²) in [7, 11) is 0. The summed E-state index contributed by atoms with van der Waals surface area (Å²) in [6.45, 7) is 0. The molecule has 1 heterocycles. The zero-order chi connectivity index (χ0) is 15.5. The van der Waals surface area contributed by atoms with Crippen LogP contribution in [-0.2, 0) is 9.59 Å². The topological polar surface area (TPSA) is 73.2 Å². The molecule has 0 radical (unpaired) electrons. The molecule has 1 unspecified atom stereocenters. The fourth-order valence-electron chi connectivity index (χ4n) is 2.62. The summed E-state index contributed by atoms with van der Waals surface area (Å²) in [5.41, 5.74) is 1.20. The maximum atomic E-state index is 12.4. The quantitative estimate of drug-likeness (QED) is 0.928. The van der Waals surface area contributed by atoms with Gasteiger partial charge in [0.1, 0.15) is 6.04 Å². The van der Waals surface area contributed by atoms with Crippen molar-refractivity contribution in [2.45, 2.75) is 25.3 Å². The Morgan fingerprint density at radius 3 is 2.59 bits per heavy atom. The van der Waals surface area contributed by atoms with E-state index in [2.05, 4.69) is 5.32 Å². The molecule has 1 N–H and O–H groups in total. The Morgan fingerprint density at radius 1 is 1.27 bits per heavy atom. The molecule has 6 heteroatoms. The van der Waals surface area contributed by atoms with Crippen molar-refractivity contribution >= 4 is 29.3 Å². The van der Waals surface area contributed by atoms with Gasteiger partial charge in [0, 0.05) is 17.4 Å². The van der Waals surface area contributed by atoms with E-state index in [1.165, 1.54) is 0 Å². The highest BCUT2D eigenvalue weighted by molar-refractivity contribution is 7.99. The predicted molar refractivity (Wildman–Crippen MR) is 85.1 cm³/mol. The Labute approximate surface area is 133 Å². The summed E-state index contributed by atoms with van der Waals surface area (Å²) < 4.78 is 0. The van der Waals surface area contributed by atoms with Crippen LogP contribution in [0.25, 0.3) is 0 Å². The lowest BCUT2D eigenvalue weighted by atomic mass is 9.84.